The van der Waals surface area contributed by atoms with Crippen molar-refractivity contribution in [3.05, 3.63) is 35.5 Å². The molecule has 42 heavy (non-hydrogen) atoms. The lowest BCUT2D eigenvalue weighted by Gasteiger charge is -2.43. The highest BCUT2D eigenvalue weighted by Gasteiger charge is 2.36. The Hall–Kier alpha value is -1.58. The summed E-state index contributed by atoms with van der Waals surface area (Å²) in [5, 5.41) is 6.10. The minimum atomic E-state index is -4.56. The zero-order valence-electron chi connectivity index (χ0n) is 24.3. The predicted molar refractivity (Wildman–Crippen MR) is 176 cm³/mol. The Kier molecular flexibility index (Phi) is 10.3. The van der Waals surface area contributed by atoms with Gasteiger partial charge in [-0.05, 0) is 89.0 Å². The SMILES string of the molecule is CNS(S)(S)CCCNc1nc(Nc2ccc(N3CCN(C4CCN(C)CC4)CC3)cc2C2CC2)ncc1C(F)(F)F. The summed E-state index contributed by atoms with van der Waals surface area (Å²) < 4.78 is 44.2. The molecule has 3 heterocycles. The van der Waals surface area contributed by atoms with Crippen LogP contribution in [-0.4, -0.2) is 91.5 Å². The van der Waals surface area contributed by atoms with E-state index in [9.17, 15) is 13.2 Å². The largest absolute Gasteiger partial charge is 0.421 e. The summed E-state index contributed by atoms with van der Waals surface area (Å²) >= 11 is 8.94. The Morgan fingerprint density at radius 1 is 1.02 bits per heavy atom. The van der Waals surface area contributed by atoms with Gasteiger partial charge in [0.15, 0.2) is 0 Å². The summed E-state index contributed by atoms with van der Waals surface area (Å²) in [6.45, 7) is 6.80. The van der Waals surface area contributed by atoms with Crippen molar-refractivity contribution in [2.24, 2.45) is 0 Å². The van der Waals surface area contributed by atoms with Gasteiger partial charge in [0.2, 0.25) is 5.95 Å². The van der Waals surface area contributed by atoms with E-state index in [1.54, 1.807) is 7.05 Å². The molecule has 2 aliphatic heterocycles. The summed E-state index contributed by atoms with van der Waals surface area (Å²) in [5.74, 6) is 0.989. The molecule has 0 radical (unpaired) electrons. The molecule has 3 N–H and O–H groups in total. The summed E-state index contributed by atoms with van der Waals surface area (Å²) in [5.41, 5.74) is 2.35. The molecule has 14 heteroatoms. The van der Waals surface area contributed by atoms with E-state index in [4.69, 9.17) is 0 Å². The molecular weight excluding hydrogens is 602 g/mol. The first-order valence-electron chi connectivity index (χ1n) is 14.7. The van der Waals surface area contributed by atoms with E-state index in [0.29, 0.717) is 30.7 Å². The second kappa shape index (κ2) is 13.6. The number of halogens is 3. The third-order valence-electron chi connectivity index (χ3n) is 8.50. The molecule has 8 nitrogen and oxygen atoms in total. The number of piperidine rings is 1. The van der Waals surface area contributed by atoms with E-state index < -0.39 is 20.0 Å². The van der Waals surface area contributed by atoms with Crippen LogP contribution in [0.15, 0.2) is 24.4 Å². The van der Waals surface area contributed by atoms with Crippen LogP contribution in [0.5, 0.6) is 0 Å². The Morgan fingerprint density at radius 3 is 2.38 bits per heavy atom. The fourth-order valence-corrected chi connectivity index (χ4v) is 7.31. The smallest absolute Gasteiger partial charge is 0.369 e. The van der Waals surface area contributed by atoms with Gasteiger partial charge in [0.25, 0.3) is 0 Å². The number of nitrogens with zero attached hydrogens (tertiary/aromatic N) is 5. The lowest BCUT2D eigenvalue weighted by molar-refractivity contribution is -0.137. The van der Waals surface area contributed by atoms with Gasteiger partial charge in [0.1, 0.15) is 11.4 Å². The number of hydrogen-bond donors (Lipinski definition) is 5. The number of benzene rings is 1. The monoisotopic (exact) mass is 644 g/mol. The van der Waals surface area contributed by atoms with Gasteiger partial charge in [0.05, 0.1) is 0 Å². The molecule has 0 unspecified atom stereocenters. The lowest BCUT2D eigenvalue weighted by atomic mass is 10.0. The van der Waals surface area contributed by atoms with Gasteiger partial charge >= 0.3 is 6.18 Å². The minimum Gasteiger partial charge on any atom is -0.369 e. The Morgan fingerprint density at radius 2 is 1.74 bits per heavy atom. The number of hydrogen-bond acceptors (Lipinski definition) is 10. The minimum absolute atomic E-state index is 0.144. The van der Waals surface area contributed by atoms with Crippen LogP contribution in [0.25, 0.3) is 0 Å². The topological polar surface area (TPSA) is 71.6 Å². The summed E-state index contributed by atoms with van der Waals surface area (Å²) in [6.07, 6.45) is 1.58. The van der Waals surface area contributed by atoms with Crippen LogP contribution in [-0.2, 0) is 6.18 Å². The number of rotatable bonds is 11. The molecule has 2 aromatic rings. The van der Waals surface area contributed by atoms with Crippen LogP contribution in [0.4, 0.5) is 36.3 Å². The van der Waals surface area contributed by atoms with Crippen molar-refractivity contribution in [3.8, 4) is 0 Å². The maximum Gasteiger partial charge on any atom is 0.421 e. The first kappa shape index (κ1) is 31.8. The first-order chi connectivity index (χ1) is 20.0. The molecule has 0 amide bonds. The predicted octanol–water partition coefficient (Wildman–Crippen LogP) is 5.76. The van der Waals surface area contributed by atoms with Crippen LogP contribution in [0, 0.1) is 0 Å². The van der Waals surface area contributed by atoms with E-state index in [1.165, 1.54) is 37.2 Å². The van der Waals surface area contributed by atoms with E-state index >= 15 is 0 Å². The van der Waals surface area contributed by atoms with Crippen molar-refractivity contribution >= 4 is 54.7 Å². The number of anilines is 4. The number of thiol groups is 2. The highest BCUT2D eigenvalue weighted by atomic mass is 33.5. The molecule has 0 atom stereocenters. The number of alkyl halides is 3. The maximum absolute atomic E-state index is 13.7. The fraction of sp³-hybridized carbons (Fsp3) is 0.643. The fourth-order valence-electron chi connectivity index (χ4n) is 5.79. The summed E-state index contributed by atoms with van der Waals surface area (Å²) in [4.78, 5) is 15.8. The van der Waals surface area contributed by atoms with Crippen molar-refractivity contribution in [2.45, 2.75) is 50.2 Å². The van der Waals surface area contributed by atoms with Gasteiger partial charge in [-0.15, -0.1) is 23.3 Å². The second-order valence-electron chi connectivity index (χ2n) is 11.5. The zero-order chi connectivity index (χ0) is 29.9. The van der Waals surface area contributed by atoms with Gasteiger partial charge in [-0.1, -0.05) is 8.28 Å². The number of likely N-dealkylation sites (tertiary alicyclic amines) is 1. The molecule has 1 aliphatic carbocycles. The molecule has 3 fully saturated rings. The van der Waals surface area contributed by atoms with Crippen molar-refractivity contribution in [1.29, 1.82) is 0 Å². The van der Waals surface area contributed by atoms with Gasteiger partial charge < -0.3 is 20.4 Å². The molecule has 3 aliphatic rings. The molecule has 234 valence electrons. The van der Waals surface area contributed by atoms with E-state index in [2.05, 4.69) is 82.5 Å². The Labute approximate surface area is 258 Å². The van der Waals surface area contributed by atoms with Crippen LogP contribution in [0.2, 0.25) is 0 Å². The molecule has 1 aromatic carbocycles. The van der Waals surface area contributed by atoms with Gasteiger partial charge in [-0.3, -0.25) is 9.62 Å². The number of nitrogens with one attached hydrogen (secondary N) is 3. The molecule has 5 rings (SSSR count). The van der Waals surface area contributed by atoms with E-state index in [-0.39, 0.29) is 11.8 Å². The third kappa shape index (κ3) is 8.32. The van der Waals surface area contributed by atoms with Crippen molar-refractivity contribution in [2.75, 3.05) is 81.2 Å². The Bertz CT molecular complexity index is 1200. The molecular formula is C28H43F3N8S3. The average molecular weight is 645 g/mol. The van der Waals surface area contributed by atoms with E-state index in [1.807, 2.05) is 6.07 Å². The summed E-state index contributed by atoms with van der Waals surface area (Å²) in [6, 6.07) is 7.07. The lowest BCUT2D eigenvalue weighted by Crippen LogP contribution is -2.53. The third-order valence-corrected chi connectivity index (χ3v) is 12.2. The van der Waals surface area contributed by atoms with Gasteiger partial charge in [0, 0.05) is 62.1 Å². The summed E-state index contributed by atoms with van der Waals surface area (Å²) in [7, 11) is 2.41. The molecule has 1 aromatic heterocycles. The quantitative estimate of drug-likeness (QED) is 0.120. The van der Waals surface area contributed by atoms with Crippen LogP contribution in [0.3, 0.4) is 0 Å². The van der Waals surface area contributed by atoms with E-state index in [0.717, 1.165) is 50.9 Å². The van der Waals surface area contributed by atoms with Crippen molar-refractivity contribution in [1.82, 2.24) is 24.5 Å². The first-order valence-corrected chi connectivity index (χ1v) is 18.6. The maximum atomic E-state index is 13.7. The molecule has 2 saturated heterocycles. The molecule has 0 spiro atoms. The number of piperazine rings is 1. The average Bonchev–Trinajstić information content (AvgIpc) is 3.81. The van der Waals surface area contributed by atoms with Crippen molar-refractivity contribution < 1.29 is 13.2 Å². The zero-order valence-corrected chi connectivity index (χ0v) is 26.9. The Balaban J connectivity index is 1.26. The highest BCUT2D eigenvalue weighted by molar-refractivity contribution is 9.17. The second-order valence-corrected chi connectivity index (χ2v) is 18.3. The van der Waals surface area contributed by atoms with Crippen molar-refractivity contribution in [3.63, 3.8) is 0 Å². The normalized spacial score (nSPS) is 20.1. The standard InChI is InChI=1S/C28H43F3N8S3/c1-32-42(40,41)17-3-10-33-26-24(28(29,30)31)19-34-27(36-26)35-25-7-6-22(18-23(25)20-4-5-20)39-15-13-38(14-16-39)21-8-11-37(2)12-9-21/h6-7,18-21,32,40-41H,3-5,8-17H2,1-2H3,(H2,33,34,35,36). The molecule has 0 bridgehead atoms. The van der Waals surface area contributed by atoms with Crippen LogP contribution < -0.4 is 20.3 Å². The highest BCUT2D eigenvalue weighted by Crippen LogP contribution is 2.52. The van der Waals surface area contributed by atoms with Gasteiger partial charge in [-0.2, -0.15) is 18.2 Å². The number of aromatic nitrogens is 2. The molecule has 1 saturated carbocycles. The van der Waals surface area contributed by atoms with Gasteiger partial charge in [-0.25, -0.2) is 4.98 Å². The van der Waals surface area contributed by atoms with Crippen LogP contribution >= 0.6 is 31.6 Å². The van der Waals surface area contributed by atoms with Crippen LogP contribution in [0.1, 0.15) is 49.1 Å².